The van der Waals surface area contributed by atoms with Crippen LogP contribution in [0.25, 0.3) is 0 Å². The first-order valence-corrected chi connectivity index (χ1v) is 16.2. The van der Waals surface area contributed by atoms with E-state index in [1.54, 1.807) is 49.6 Å². The van der Waals surface area contributed by atoms with E-state index in [2.05, 4.69) is 5.32 Å². The van der Waals surface area contributed by atoms with Crippen LogP contribution in [-0.2, 0) is 26.2 Å². The molecule has 2 amide bonds. The Labute approximate surface area is 260 Å². The highest BCUT2D eigenvalue weighted by atomic mass is 32.2. The first-order valence-electron chi connectivity index (χ1n) is 14.7. The maximum atomic E-state index is 14.3. The van der Waals surface area contributed by atoms with Gasteiger partial charge in [0.15, 0.2) is 11.5 Å². The van der Waals surface area contributed by atoms with E-state index in [-0.39, 0.29) is 29.1 Å². The van der Waals surface area contributed by atoms with Crippen LogP contribution in [0, 0.1) is 0 Å². The van der Waals surface area contributed by atoms with Crippen molar-refractivity contribution in [1.29, 1.82) is 0 Å². The molecule has 0 saturated heterocycles. The van der Waals surface area contributed by atoms with E-state index in [1.165, 1.54) is 37.3 Å². The van der Waals surface area contributed by atoms with E-state index in [0.717, 1.165) is 35.6 Å². The minimum atomic E-state index is -4.21. The Hall–Kier alpha value is -4.25. The Morgan fingerprint density at radius 3 is 2.23 bits per heavy atom. The predicted octanol–water partition coefficient (Wildman–Crippen LogP) is 4.77. The maximum absolute atomic E-state index is 14.3. The van der Waals surface area contributed by atoms with Gasteiger partial charge in [0.1, 0.15) is 18.3 Å². The number of sulfonamides is 1. The molecule has 0 aromatic heterocycles. The zero-order chi connectivity index (χ0) is 31.7. The topological polar surface area (TPSA) is 114 Å². The van der Waals surface area contributed by atoms with Crippen LogP contribution in [0.1, 0.15) is 44.6 Å². The Kier molecular flexibility index (Phi) is 11.1. The molecule has 0 unspecified atom stereocenters. The highest BCUT2D eigenvalue weighted by Gasteiger charge is 2.35. The van der Waals surface area contributed by atoms with Crippen LogP contribution in [0.3, 0.4) is 0 Å². The summed E-state index contributed by atoms with van der Waals surface area (Å²) in [7, 11) is 0.279. The third-order valence-electron chi connectivity index (χ3n) is 7.84. The fraction of sp³-hybridized carbons (Fsp3) is 0.394. The molecule has 1 N–H and O–H groups in total. The molecule has 0 spiro atoms. The normalized spacial score (nSPS) is 14.0. The lowest BCUT2D eigenvalue weighted by atomic mass is 10.1. The lowest BCUT2D eigenvalue weighted by molar-refractivity contribution is -0.140. The summed E-state index contributed by atoms with van der Waals surface area (Å²) >= 11 is 0. The van der Waals surface area contributed by atoms with E-state index >= 15 is 0 Å². The summed E-state index contributed by atoms with van der Waals surface area (Å²) in [5.41, 5.74) is 0.957. The molecular formula is C33H41N3O7S. The van der Waals surface area contributed by atoms with Gasteiger partial charge in [0, 0.05) is 18.7 Å². The third kappa shape index (κ3) is 7.63. The van der Waals surface area contributed by atoms with Crippen molar-refractivity contribution in [1.82, 2.24) is 10.2 Å². The Balaban J connectivity index is 1.75. The number of rotatable bonds is 14. The van der Waals surface area contributed by atoms with Gasteiger partial charge in [0.2, 0.25) is 11.8 Å². The molecule has 4 rings (SSSR count). The van der Waals surface area contributed by atoms with Gasteiger partial charge in [-0.3, -0.25) is 13.9 Å². The summed E-state index contributed by atoms with van der Waals surface area (Å²) in [5.74, 6) is 0.543. The molecule has 3 aromatic rings. The SMILES string of the molecule is CC[C@@H](C(=O)NC1CCCC1)N(Cc1cccc(OC)c1)C(=O)CN(c1ccc(OC)c(OC)c1)S(=O)(=O)c1ccccc1. The molecule has 0 heterocycles. The Morgan fingerprint density at radius 2 is 1.59 bits per heavy atom. The van der Waals surface area contributed by atoms with E-state index in [9.17, 15) is 18.0 Å². The lowest BCUT2D eigenvalue weighted by Gasteiger charge is -2.34. The zero-order valence-electron chi connectivity index (χ0n) is 25.7. The number of carbonyl (C=O) groups excluding carboxylic acids is 2. The van der Waals surface area contributed by atoms with Crippen LogP contribution in [0.4, 0.5) is 5.69 Å². The van der Waals surface area contributed by atoms with Crippen LogP contribution in [0.2, 0.25) is 0 Å². The van der Waals surface area contributed by atoms with Gasteiger partial charge in [-0.05, 0) is 61.2 Å². The second kappa shape index (κ2) is 15.0. The highest BCUT2D eigenvalue weighted by molar-refractivity contribution is 7.92. The number of anilines is 1. The molecule has 236 valence electrons. The van der Waals surface area contributed by atoms with Gasteiger partial charge in [-0.25, -0.2) is 8.42 Å². The van der Waals surface area contributed by atoms with Crippen LogP contribution in [-0.4, -0.2) is 65.1 Å². The third-order valence-corrected chi connectivity index (χ3v) is 9.63. The molecule has 1 aliphatic carbocycles. The van der Waals surface area contributed by atoms with Crippen molar-refractivity contribution in [2.75, 3.05) is 32.2 Å². The van der Waals surface area contributed by atoms with Gasteiger partial charge >= 0.3 is 0 Å². The second-order valence-corrected chi connectivity index (χ2v) is 12.5. The van der Waals surface area contributed by atoms with Crippen LogP contribution >= 0.6 is 0 Å². The quantitative estimate of drug-likeness (QED) is 0.275. The van der Waals surface area contributed by atoms with Crippen LogP contribution in [0.5, 0.6) is 17.2 Å². The standard InChI is InChI=1S/C33H41N3O7S/c1-5-29(33(38)34-25-13-9-10-14-25)35(22-24-12-11-15-27(20-24)41-2)32(37)23-36(44(39,40)28-16-7-6-8-17-28)26-18-19-30(42-3)31(21-26)43-4/h6-8,11-12,15-21,25,29H,5,9-10,13-14,22-23H2,1-4H3,(H,34,38)/t29-/m0/s1. The first-order chi connectivity index (χ1) is 21.2. The number of methoxy groups -OCH3 is 3. The first kappa shape index (κ1) is 32.7. The molecule has 0 aliphatic heterocycles. The highest BCUT2D eigenvalue weighted by Crippen LogP contribution is 2.34. The number of nitrogens with one attached hydrogen (secondary N) is 1. The predicted molar refractivity (Wildman–Crippen MR) is 169 cm³/mol. The average Bonchev–Trinajstić information content (AvgIpc) is 3.56. The van der Waals surface area contributed by atoms with Crippen LogP contribution in [0.15, 0.2) is 77.7 Å². The fourth-order valence-corrected chi connectivity index (χ4v) is 6.91. The van der Waals surface area contributed by atoms with Gasteiger partial charge in [-0.2, -0.15) is 0 Å². The summed E-state index contributed by atoms with van der Waals surface area (Å²) in [5, 5.41) is 3.12. The molecule has 10 nitrogen and oxygen atoms in total. The van der Waals surface area contributed by atoms with Crippen molar-refractivity contribution < 1.29 is 32.2 Å². The number of benzene rings is 3. The average molecular weight is 624 g/mol. The zero-order valence-corrected chi connectivity index (χ0v) is 26.5. The smallest absolute Gasteiger partial charge is 0.264 e. The van der Waals surface area contributed by atoms with Gasteiger partial charge < -0.3 is 24.4 Å². The van der Waals surface area contributed by atoms with Crippen molar-refractivity contribution in [2.45, 2.75) is 62.6 Å². The van der Waals surface area contributed by atoms with Gasteiger partial charge in [-0.1, -0.05) is 50.1 Å². The molecule has 0 radical (unpaired) electrons. The summed E-state index contributed by atoms with van der Waals surface area (Å²) in [6, 6.07) is 19.1. The largest absolute Gasteiger partial charge is 0.497 e. The van der Waals surface area contributed by atoms with Gasteiger partial charge in [0.25, 0.3) is 10.0 Å². The molecular weight excluding hydrogens is 582 g/mol. The van der Waals surface area contributed by atoms with Gasteiger partial charge in [-0.15, -0.1) is 0 Å². The van der Waals surface area contributed by atoms with Gasteiger partial charge in [0.05, 0.1) is 31.9 Å². The summed E-state index contributed by atoms with van der Waals surface area (Å²) < 4.78 is 45.4. The Morgan fingerprint density at radius 1 is 0.886 bits per heavy atom. The van der Waals surface area contributed by atoms with E-state index in [4.69, 9.17) is 14.2 Å². The minimum Gasteiger partial charge on any atom is -0.497 e. The fourth-order valence-electron chi connectivity index (χ4n) is 5.48. The molecule has 1 saturated carbocycles. The van der Waals surface area contributed by atoms with Crippen LogP contribution < -0.4 is 23.8 Å². The molecule has 1 aliphatic rings. The number of carbonyl (C=O) groups is 2. The monoisotopic (exact) mass is 623 g/mol. The van der Waals surface area contributed by atoms with Crippen molar-refractivity contribution in [2.24, 2.45) is 0 Å². The number of hydrogen-bond acceptors (Lipinski definition) is 7. The minimum absolute atomic E-state index is 0.0212. The molecule has 1 atom stereocenters. The molecule has 44 heavy (non-hydrogen) atoms. The number of nitrogens with zero attached hydrogens (tertiary/aromatic N) is 2. The van der Waals surface area contributed by atoms with Crippen molar-refractivity contribution in [3.8, 4) is 17.2 Å². The number of ether oxygens (including phenoxy) is 3. The molecule has 11 heteroatoms. The summed E-state index contributed by atoms with van der Waals surface area (Å²) in [6.07, 6.45) is 4.23. The van der Waals surface area contributed by atoms with E-state index in [0.29, 0.717) is 23.7 Å². The molecule has 0 bridgehead atoms. The number of amides is 2. The van der Waals surface area contributed by atoms with E-state index < -0.39 is 28.5 Å². The molecule has 1 fully saturated rings. The van der Waals surface area contributed by atoms with Crippen molar-refractivity contribution >= 4 is 27.5 Å². The molecule has 3 aromatic carbocycles. The van der Waals surface area contributed by atoms with E-state index in [1.807, 2.05) is 19.1 Å². The number of hydrogen-bond donors (Lipinski definition) is 1. The summed E-state index contributed by atoms with van der Waals surface area (Å²) in [6.45, 7) is 1.37. The van der Waals surface area contributed by atoms with Crippen molar-refractivity contribution in [3.05, 3.63) is 78.4 Å². The second-order valence-electron chi connectivity index (χ2n) is 10.7. The lowest BCUT2D eigenvalue weighted by Crippen LogP contribution is -2.53. The Bertz CT molecular complexity index is 1530. The summed E-state index contributed by atoms with van der Waals surface area (Å²) in [4.78, 5) is 29.4. The maximum Gasteiger partial charge on any atom is 0.264 e. The van der Waals surface area contributed by atoms with Crippen molar-refractivity contribution in [3.63, 3.8) is 0 Å².